The third-order valence-electron chi connectivity index (χ3n) is 11.0. The molecule has 2 saturated carbocycles. The van der Waals surface area contributed by atoms with Crippen molar-refractivity contribution in [1.29, 1.82) is 0 Å². The molecule has 0 spiro atoms. The lowest BCUT2D eigenvalue weighted by Gasteiger charge is -2.60. The molecular weight excluding hydrogens is 412 g/mol. The number of nitrogens with zero attached hydrogens (tertiary/aromatic N) is 2. The second-order valence-corrected chi connectivity index (χ2v) is 13.3. The molecule has 6 atom stereocenters. The van der Waals surface area contributed by atoms with Gasteiger partial charge in [0.15, 0.2) is 0 Å². The largest absolute Gasteiger partial charge is 0.251 e. The summed E-state index contributed by atoms with van der Waals surface area (Å²) in [5.74, 6) is 4.22. The van der Waals surface area contributed by atoms with E-state index in [9.17, 15) is 0 Å². The molecule has 2 fully saturated rings. The Balaban J connectivity index is 1.38. The molecule has 6 aliphatic rings. The zero-order valence-electron chi connectivity index (χ0n) is 22.3. The molecule has 34 heavy (non-hydrogen) atoms. The number of aromatic nitrogens is 2. The van der Waals surface area contributed by atoms with Gasteiger partial charge in [0.2, 0.25) is 0 Å². The first-order valence-electron chi connectivity index (χ1n) is 14.3. The van der Waals surface area contributed by atoms with E-state index in [1.807, 2.05) is 0 Å². The minimum atomic E-state index is 0.430. The number of rotatable bonds is 7. The normalized spacial score (nSPS) is 33.4. The van der Waals surface area contributed by atoms with Gasteiger partial charge in [-0.15, -0.1) is 0 Å². The fourth-order valence-corrected chi connectivity index (χ4v) is 8.68. The summed E-state index contributed by atoms with van der Waals surface area (Å²) in [6.07, 6.45) is 10.5. The molecule has 0 saturated heterocycles. The quantitative estimate of drug-likeness (QED) is 0.415. The van der Waals surface area contributed by atoms with Crippen molar-refractivity contribution in [2.75, 3.05) is 0 Å². The van der Waals surface area contributed by atoms with Gasteiger partial charge >= 0.3 is 0 Å². The second kappa shape index (κ2) is 7.90. The smallest absolute Gasteiger partial charge is 0.0889 e. The summed E-state index contributed by atoms with van der Waals surface area (Å²) in [6.45, 7) is 14.6. The van der Waals surface area contributed by atoms with Gasteiger partial charge in [0.05, 0.1) is 11.4 Å². The fraction of sp³-hybridized carbons (Fsp3) is 0.688. The molecule has 0 aliphatic heterocycles. The van der Waals surface area contributed by atoms with Crippen molar-refractivity contribution >= 4 is 0 Å². The highest BCUT2D eigenvalue weighted by atomic mass is 14.8. The summed E-state index contributed by atoms with van der Waals surface area (Å²) in [4.78, 5) is 10.8. The van der Waals surface area contributed by atoms with Gasteiger partial charge in [-0.2, -0.15) is 0 Å². The minimum absolute atomic E-state index is 0.430. The van der Waals surface area contributed by atoms with Gasteiger partial charge in [0.1, 0.15) is 0 Å². The highest BCUT2D eigenvalue weighted by Crippen LogP contribution is 2.68. The van der Waals surface area contributed by atoms with Crippen LogP contribution in [0.25, 0.3) is 11.4 Å². The first-order chi connectivity index (χ1) is 16.3. The molecule has 2 unspecified atom stereocenters. The Labute approximate surface area is 207 Å². The Morgan fingerprint density at radius 1 is 0.676 bits per heavy atom. The minimum Gasteiger partial charge on any atom is -0.251 e. The van der Waals surface area contributed by atoms with Crippen molar-refractivity contribution in [3.05, 3.63) is 46.8 Å². The molecule has 6 aliphatic carbocycles. The Bertz CT molecular complexity index is 1010. The lowest BCUT2D eigenvalue weighted by Crippen LogP contribution is -2.50. The maximum Gasteiger partial charge on any atom is 0.0889 e. The summed E-state index contributed by atoms with van der Waals surface area (Å²) in [6, 6.07) is 9.42. The van der Waals surface area contributed by atoms with E-state index in [0.717, 1.165) is 23.2 Å². The Kier molecular flexibility index (Phi) is 5.29. The Morgan fingerprint density at radius 2 is 1.09 bits per heavy atom. The van der Waals surface area contributed by atoms with Gasteiger partial charge < -0.3 is 0 Å². The first kappa shape index (κ1) is 22.7. The number of unbranched alkanes of at least 4 members (excludes halogenated alkanes) is 2. The number of hydrogen-bond donors (Lipinski definition) is 0. The molecule has 8 rings (SSSR count). The van der Waals surface area contributed by atoms with E-state index >= 15 is 0 Å². The van der Waals surface area contributed by atoms with E-state index in [2.05, 4.69) is 65.8 Å². The molecule has 0 aromatic carbocycles. The average Bonchev–Trinajstić information content (AvgIpc) is 2.84. The van der Waals surface area contributed by atoms with E-state index < -0.39 is 0 Å². The molecule has 2 heteroatoms. The molecule has 2 aromatic heterocycles. The number of pyridine rings is 2. The topological polar surface area (TPSA) is 25.8 Å². The van der Waals surface area contributed by atoms with E-state index in [1.165, 1.54) is 62.8 Å². The summed E-state index contributed by atoms with van der Waals surface area (Å²) in [7, 11) is 0. The van der Waals surface area contributed by atoms with Gasteiger partial charge in [0.25, 0.3) is 0 Å². The SMILES string of the molecule is CCCCC1c2nc(-c3ccc4c(n3)C(CCCC)[C@H]3C[C@@H]4C3(C)C)ccc2[C@@H]2C[C@H]1C2(C)C. The van der Waals surface area contributed by atoms with Crippen LogP contribution in [0.15, 0.2) is 24.3 Å². The fourth-order valence-electron chi connectivity index (χ4n) is 8.68. The molecule has 0 amide bonds. The van der Waals surface area contributed by atoms with Crippen LogP contribution >= 0.6 is 0 Å². The molecule has 2 heterocycles. The lowest BCUT2D eigenvalue weighted by atomic mass is 9.44. The Hall–Kier alpha value is -1.70. The van der Waals surface area contributed by atoms with Crippen LogP contribution in [0.2, 0.25) is 0 Å². The van der Waals surface area contributed by atoms with Crippen LogP contribution < -0.4 is 0 Å². The monoisotopic (exact) mass is 456 g/mol. The zero-order valence-corrected chi connectivity index (χ0v) is 22.3. The van der Waals surface area contributed by atoms with Crippen molar-refractivity contribution in [3.63, 3.8) is 0 Å². The van der Waals surface area contributed by atoms with Crippen LogP contribution in [0.3, 0.4) is 0 Å². The van der Waals surface area contributed by atoms with Gasteiger partial charge in [0, 0.05) is 23.2 Å². The lowest BCUT2D eigenvalue weighted by molar-refractivity contribution is -0.0105. The van der Waals surface area contributed by atoms with Crippen molar-refractivity contribution in [2.24, 2.45) is 22.7 Å². The molecule has 4 bridgehead atoms. The van der Waals surface area contributed by atoms with Crippen LogP contribution in [0.4, 0.5) is 0 Å². The van der Waals surface area contributed by atoms with E-state index in [4.69, 9.17) is 9.97 Å². The van der Waals surface area contributed by atoms with Gasteiger partial charge in [-0.25, -0.2) is 0 Å². The van der Waals surface area contributed by atoms with Gasteiger partial charge in [-0.3, -0.25) is 9.97 Å². The molecular formula is C32H44N2. The number of hydrogen-bond acceptors (Lipinski definition) is 2. The molecule has 0 radical (unpaired) electrons. The molecule has 2 nitrogen and oxygen atoms in total. The predicted molar refractivity (Wildman–Crippen MR) is 141 cm³/mol. The second-order valence-electron chi connectivity index (χ2n) is 13.3. The van der Waals surface area contributed by atoms with Crippen molar-refractivity contribution in [1.82, 2.24) is 9.97 Å². The van der Waals surface area contributed by atoms with Gasteiger partial charge in [-0.05, 0) is 83.4 Å². The molecule has 182 valence electrons. The zero-order chi connectivity index (χ0) is 23.8. The highest BCUT2D eigenvalue weighted by molar-refractivity contribution is 5.59. The standard InChI is InChI=1S/C32H44N2/c1-7-9-11-19-23-17-25(31(23,3)4)21-13-15-27(33-29(19)21)28-16-14-22-26-18-24(32(26,5)6)20(12-10-8-2)30(22)34-28/h13-16,19-20,23-26H,7-12,17-18H2,1-6H3/t19?,20?,23-,24-,25+,26+/m1/s1. The highest BCUT2D eigenvalue weighted by Gasteiger charge is 2.58. The predicted octanol–water partition coefficient (Wildman–Crippen LogP) is 8.98. The van der Waals surface area contributed by atoms with E-state index in [-0.39, 0.29) is 0 Å². The molecule has 2 aromatic rings. The van der Waals surface area contributed by atoms with Crippen molar-refractivity contribution in [2.45, 2.75) is 117 Å². The van der Waals surface area contributed by atoms with Crippen LogP contribution in [0.1, 0.15) is 139 Å². The maximum atomic E-state index is 5.40. The summed E-state index contributed by atoms with van der Waals surface area (Å²) < 4.78 is 0. The van der Waals surface area contributed by atoms with Crippen LogP contribution in [0.5, 0.6) is 0 Å². The van der Waals surface area contributed by atoms with E-state index in [0.29, 0.717) is 34.5 Å². The third kappa shape index (κ3) is 3.05. The first-order valence-corrected chi connectivity index (χ1v) is 14.3. The van der Waals surface area contributed by atoms with Crippen LogP contribution in [-0.4, -0.2) is 9.97 Å². The van der Waals surface area contributed by atoms with Crippen molar-refractivity contribution in [3.8, 4) is 11.4 Å². The van der Waals surface area contributed by atoms with Crippen LogP contribution in [0, 0.1) is 22.7 Å². The van der Waals surface area contributed by atoms with E-state index in [1.54, 1.807) is 11.1 Å². The maximum absolute atomic E-state index is 5.40. The summed E-state index contributed by atoms with van der Waals surface area (Å²) in [5.41, 5.74) is 8.98. The van der Waals surface area contributed by atoms with Gasteiger partial charge in [-0.1, -0.05) is 79.4 Å². The Morgan fingerprint density at radius 3 is 1.44 bits per heavy atom. The average molecular weight is 457 g/mol. The summed E-state index contributed by atoms with van der Waals surface area (Å²) >= 11 is 0. The summed E-state index contributed by atoms with van der Waals surface area (Å²) in [5, 5.41) is 0. The van der Waals surface area contributed by atoms with Crippen LogP contribution in [-0.2, 0) is 0 Å². The third-order valence-corrected chi connectivity index (χ3v) is 11.0. The van der Waals surface area contributed by atoms with Crippen molar-refractivity contribution < 1.29 is 0 Å². The molecule has 0 N–H and O–H groups in total.